The third-order valence-electron chi connectivity index (χ3n) is 11.5. The van der Waals surface area contributed by atoms with Crippen molar-refractivity contribution in [2.45, 2.75) is 109 Å². The summed E-state index contributed by atoms with van der Waals surface area (Å²) in [5.41, 5.74) is 21.3. The van der Waals surface area contributed by atoms with Gasteiger partial charge in [0.25, 0.3) is 0 Å². The van der Waals surface area contributed by atoms with Gasteiger partial charge >= 0.3 is 0 Å². The summed E-state index contributed by atoms with van der Waals surface area (Å²) in [6.07, 6.45) is 20.7. The van der Waals surface area contributed by atoms with E-state index >= 15 is 0 Å². The van der Waals surface area contributed by atoms with Crippen molar-refractivity contribution < 1.29 is 0 Å². The maximum atomic E-state index is 6.20. The first-order valence-corrected chi connectivity index (χ1v) is 20.2. The van der Waals surface area contributed by atoms with Crippen LogP contribution >= 0.6 is 0 Å². The fourth-order valence-electron chi connectivity index (χ4n) is 8.77. The van der Waals surface area contributed by atoms with Crippen molar-refractivity contribution in [3.63, 3.8) is 0 Å². The van der Waals surface area contributed by atoms with Crippen LogP contribution in [0.2, 0.25) is 0 Å². The van der Waals surface area contributed by atoms with Gasteiger partial charge in [-0.2, -0.15) is 0 Å². The number of benzene rings is 3. The monoisotopic (exact) mass is 690 g/mol. The number of aromatic nitrogens is 3. The van der Waals surface area contributed by atoms with Gasteiger partial charge < -0.3 is 16.4 Å². The van der Waals surface area contributed by atoms with E-state index in [-0.39, 0.29) is 0 Å². The van der Waals surface area contributed by atoms with Crippen LogP contribution < -0.4 is 16.4 Å². The van der Waals surface area contributed by atoms with Crippen LogP contribution in [-0.2, 0) is 38.5 Å². The molecule has 3 aromatic carbocycles. The molecular weight excluding hydrogens is 637 g/mol. The molecule has 6 heteroatoms. The van der Waals surface area contributed by atoms with Gasteiger partial charge in [0, 0.05) is 63.4 Å². The van der Waals surface area contributed by atoms with Gasteiger partial charge in [-0.3, -0.25) is 15.0 Å². The molecule has 0 amide bonds. The van der Waals surface area contributed by atoms with Gasteiger partial charge in [0.2, 0.25) is 0 Å². The summed E-state index contributed by atoms with van der Waals surface area (Å²) >= 11 is 0. The van der Waals surface area contributed by atoms with Crippen LogP contribution in [0.1, 0.15) is 104 Å². The molecule has 0 unspecified atom stereocenters. The fraction of sp³-hybridized carbons (Fsp3) is 0.413. The molecule has 3 aliphatic rings. The number of nitrogens with one attached hydrogen (secondary N) is 2. The molecule has 3 aliphatic carbocycles. The Hall–Kier alpha value is -4.71. The predicted molar refractivity (Wildman–Crippen MR) is 220 cm³/mol. The average molecular weight is 691 g/mol. The highest BCUT2D eigenvalue weighted by atomic mass is 14.9. The van der Waals surface area contributed by atoms with E-state index in [1.807, 2.05) is 18.2 Å². The maximum absolute atomic E-state index is 6.20. The van der Waals surface area contributed by atoms with Gasteiger partial charge in [-0.1, -0.05) is 73.9 Å². The van der Waals surface area contributed by atoms with Gasteiger partial charge in [-0.25, -0.2) is 0 Å². The van der Waals surface area contributed by atoms with Gasteiger partial charge in [0.15, 0.2) is 0 Å². The van der Waals surface area contributed by atoms with Crippen LogP contribution in [0.15, 0.2) is 72.8 Å². The van der Waals surface area contributed by atoms with Gasteiger partial charge in [0.1, 0.15) is 0 Å². The van der Waals surface area contributed by atoms with Crippen LogP contribution in [0.5, 0.6) is 0 Å². The lowest BCUT2D eigenvalue weighted by atomic mass is 9.92. The van der Waals surface area contributed by atoms with Crippen molar-refractivity contribution >= 4 is 49.8 Å². The average Bonchev–Trinajstić information content (AvgIpc) is 3.20. The van der Waals surface area contributed by atoms with Crippen molar-refractivity contribution in [1.29, 1.82) is 0 Å². The summed E-state index contributed by atoms with van der Waals surface area (Å²) < 4.78 is 0. The summed E-state index contributed by atoms with van der Waals surface area (Å²) in [5, 5.41) is 11.3. The van der Waals surface area contributed by atoms with E-state index in [1.165, 1.54) is 139 Å². The van der Waals surface area contributed by atoms with E-state index in [9.17, 15) is 0 Å². The zero-order valence-corrected chi connectivity index (χ0v) is 30.8. The zero-order valence-electron chi connectivity index (χ0n) is 30.8. The Bertz CT molecular complexity index is 2070. The largest absolute Gasteiger partial charge is 0.398 e. The first kappa shape index (κ1) is 34.4. The molecule has 3 aromatic heterocycles. The molecular formula is C46H54N6. The maximum Gasteiger partial charge on any atom is 0.0726 e. The van der Waals surface area contributed by atoms with Crippen LogP contribution in [0.3, 0.4) is 0 Å². The Morgan fingerprint density at radius 3 is 1.29 bits per heavy atom. The Labute approximate surface area is 309 Å². The number of nitrogen functional groups attached to an aromatic ring is 1. The normalized spacial score (nSPS) is 15.0. The molecule has 0 aliphatic heterocycles. The number of pyridine rings is 3. The van der Waals surface area contributed by atoms with Crippen LogP contribution in [0, 0.1) is 0 Å². The number of rotatable bonds is 10. The fourth-order valence-corrected chi connectivity index (χ4v) is 8.77. The summed E-state index contributed by atoms with van der Waals surface area (Å²) in [6, 6.07) is 25.4. The van der Waals surface area contributed by atoms with E-state index in [0.717, 1.165) is 66.4 Å². The zero-order chi connectivity index (χ0) is 35.1. The van der Waals surface area contributed by atoms with Crippen LogP contribution in [0.4, 0.5) is 17.1 Å². The highest BCUT2D eigenvalue weighted by Gasteiger charge is 2.19. The topological polar surface area (TPSA) is 88.8 Å². The minimum absolute atomic E-state index is 0.954. The van der Waals surface area contributed by atoms with E-state index in [2.05, 4.69) is 65.2 Å². The predicted octanol–water partition coefficient (Wildman–Crippen LogP) is 10.7. The molecule has 0 spiro atoms. The number of hydrogen-bond donors (Lipinski definition) is 3. The van der Waals surface area contributed by atoms with E-state index in [0.29, 0.717) is 0 Å². The molecule has 268 valence electrons. The van der Waals surface area contributed by atoms with E-state index < -0.39 is 0 Å². The standard InChI is InChI=1S/C33H40N4.C13H14N2/c1(2-12-22-34-32-24-14-4-8-18-28(24)36-29-19-9-5-15-25(29)32)3-13-23-35-33-26-16-6-10-20-30(26)37-31-21-11-7-17-27(31)33;14-13-9-5-1-3-7-11(9)15-12-8-4-2-6-10(12)13/h4,6,8,10,14,16,18,20H,1-3,5,7,9,11-13,15,17,19,21-23H2,(H,34,36)(H,35,37);1,3,5,7H,2,4,6,8H2,(H2,14,15). The quantitative estimate of drug-likeness (QED) is 0.124. The Morgan fingerprint density at radius 1 is 0.423 bits per heavy atom. The van der Waals surface area contributed by atoms with Gasteiger partial charge in [-0.15, -0.1) is 0 Å². The molecule has 0 fully saturated rings. The number of fused-ring (bicyclic) bond motifs is 6. The lowest BCUT2D eigenvalue weighted by Crippen LogP contribution is -2.12. The Kier molecular flexibility index (Phi) is 10.8. The second kappa shape index (κ2) is 16.3. The molecule has 6 aromatic rings. The summed E-state index contributed by atoms with van der Waals surface area (Å²) in [6.45, 7) is 2.10. The molecule has 4 N–H and O–H groups in total. The second-order valence-electron chi connectivity index (χ2n) is 15.1. The summed E-state index contributed by atoms with van der Waals surface area (Å²) in [5.74, 6) is 0. The van der Waals surface area contributed by atoms with Crippen LogP contribution in [0.25, 0.3) is 32.7 Å². The first-order chi connectivity index (χ1) is 25.7. The van der Waals surface area contributed by atoms with Crippen molar-refractivity contribution in [3.8, 4) is 0 Å². The van der Waals surface area contributed by atoms with Crippen molar-refractivity contribution in [2.75, 3.05) is 29.5 Å². The van der Waals surface area contributed by atoms with Crippen molar-refractivity contribution in [1.82, 2.24) is 15.0 Å². The molecule has 3 heterocycles. The molecule has 52 heavy (non-hydrogen) atoms. The lowest BCUT2D eigenvalue weighted by Gasteiger charge is -2.22. The number of aryl methyl sites for hydroxylation is 3. The van der Waals surface area contributed by atoms with Crippen LogP contribution in [-0.4, -0.2) is 28.0 Å². The minimum atomic E-state index is 0.954. The first-order valence-electron chi connectivity index (χ1n) is 20.2. The van der Waals surface area contributed by atoms with Crippen molar-refractivity contribution in [2.24, 2.45) is 0 Å². The summed E-state index contributed by atoms with van der Waals surface area (Å²) in [7, 11) is 0. The molecule has 0 bridgehead atoms. The number of nitrogens with zero attached hydrogens (tertiary/aromatic N) is 3. The number of unbranched alkanes of at least 4 members (excludes halogenated alkanes) is 4. The Morgan fingerprint density at radius 2 is 0.788 bits per heavy atom. The van der Waals surface area contributed by atoms with E-state index in [1.54, 1.807) is 0 Å². The van der Waals surface area contributed by atoms with E-state index in [4.69, 9.17) is 20.7 Å². The number of para-hydroxylation sites is 3. The van der Waals surface area contributed by atoms with Crippen molar-refractivity contribution in [3.05, 3.63) is 107 Å². The molecule has 9 rings (SSSR count). The molecule has 0 radical (unpaired) electrons. The second-order valence-corrected chi connectivity index (χ2v) is 15.1. The number of hydrogen-bond acceptors (Lipinski definition) is 6. The highest BCUT2D eigenvalue weighted by molar-refractivity contribution is 5.95. The minimum Gasteiger partial charge on any atom is -0.398 e. The van der Waals surface area contributed by atoms with Gasteiger partial charge in [0.05, 0.1) is 16.6 Å². The number of nitrogens with two attached hydrogens (primary N) is 1. The lowest BCUT2D eigenvalue weighted by molar-refractivity contribution is 0.633. The highest BCUT2D eigenvalue weighted by Crippen LogP contribution is 2.35. The summed E-state index contributed by atoms with van der Waals surface area (Å²) in [4.78, 5) is 14.6. The molecule has 6 nitrogen and oxygen atoms in total. The molecule has 0 atom stereocenters. The third-order valence-corrected chi connectivity index (χ3v) is 11.5. The Balaban J connectivity index is 0.000000214. The third kappa shape index (κ3) is 7.44. The SMILES string of the molecule is Nc1c2c(nc3ccccc13)CCCC2.c1ccc2c(NCCCCCCCNc3c4c(nc5ccccc35)CCCC4)c3c(nc2c1)CCCC3. The smallest absolute Gasteiger partial charge is 0.0726 e. The number of anilines is 3. The molecule has 0 saturated heterocycles. The molecule has 0 saturated carbocycles. The van der Waals surface area contributed by atoms with Gasteiger partial charge in [-0.05, 0) is 125 Å².